The topological polar surface area (TPSA) is 118 Å². The third-order valence-corrected chi connectivity index (χ3v) is 2.75. The van der Waals surface area contributed by atoms with Crippen LogP contribution in [0.2, 0.25) is 0 Å². The average molecular weight is 303 g/mol. The maximum absolute atomic E-state index is 10.6. The second kappa shape index (κ2) is 7.53. The van der Waals surface area contributed by atoms with Crippen molar-refractivity contribution in [3.8, 4) is 0 Å². The highest BCUT2D eigenvalue weighted by atomic mass is 16.6. The molecule has 0 radical (unpaired) electrons. The minimum Gasteiger partial charge on any atom is -0.478 e. The van der Waals surface area contributed by atoms with Crippen LogP contribution < -0.4 is 0 Å². The number of benzene rings is 2. The van der Waals surface area contributed by atoms with Gasteiger partial charge in [-0.3, -0.25) is 10.1 Å². The number of nitrogens with zero attached hydrogens (tertiary/aromatic N) is 1. The summed E-state index contributed by atoms with van der Waals surface area (Å²) >= 11 is 0. The minimum atomic E-state index is -1.15. The van der Waals surface area contributed by atoms with Gasteiger partial charge in [0.15, 0.2) is 0 Å². The lowest BCUT2D eigenvalue weighted by Crippen LogP contribution is -2.02. The van der Waals surface area contributed by atoms with Crippen molar-refractivity contribution in [1.29, 1.82) is 0 Å². The summed E-state index contributed by atoms with van der Waals surface area (Å²) in [6.07, 6.45) is 0. The molecule has 22 heavy (non-hydrogen) atoms. The first-order valence-electron chi connectivity index (χ1n) is 6.10. The summed E-state index contributed by atoms with van der Waals surface area (Å²) in [5.41, 5.74) is 0.312. The molecule has 0 spiro atoms. The average Bonchev–Trinajstić information content (AvgIpc) is 2.48. The van der Waals surface area contributed by atoms with Crippen molar-refractivity contribution >= 4 is 17.6 Å². The van der Waals surface area contributed by atoms with Crippen LogP contribution in [0.15, 0.2) is 48.5 Å². The number of rotatable bonds is 3. The number of hydrogen-bond acceptors (Lipinski definition) is 4. The number of nitro benzene ring substituents is 1. The molecule has 0 fully saturated rings. The van der Waals surface area contributed by atoms with E-state index in [1.807, 2.05) is 0 Å². The van der Waals surface area contributed by atoms with Gasteiger partial charge in [0.05, 0.1) is 16.1 Å². The smallest absolute Gasteiger partial charge is 0.336 e. The summed E-state index contributed by atoms with van der Waals surface area (Å²) in [5, 5.41) is 27.4. The fourth-order valence-electron chi connectivity index (χ4n) is 1.63. The number of nitro groups is 1. The van der Waals surface area contributed by atoms with Crippen LogP contribution in [-0.2, 0) is 0 Å². The quantitative estimate of drug-likeness (QED) is 0.664. The molecule has 0 aliphatic rings. The Morgan fingerprint density at radius 1 is 0.955 bits per heavy atom. The van der Waals surface area contributed by atoms with Crippen LogP contribution in [0.3, 0.4) is 0 Å². The summed E-state index contributed by atoms with van der Waals surface area (Å²) in [6.45, 7) is 1.42. The van der Waals surface area contributed by atoms with Crippen molar-refractivity contribution in [3.63, 3.8) is 0 Å². The van der Waals surface area contributed by atoms with Crippen molar-refractivity contribution in [1.82, 2.24) is 0 Å². The van der Waals surface area contributed by atoms with Crippen molar-refractivity contribution in [2.24, 2.45) is 0 Å². The third-order valence-electron chi connectivity index (χ3n) is 2.75. The molecular weight excluding hydrogens is 290 g/mol. The number of aromatic carboxylic acids is 2. The van der Waals surface area contributed by atoms with Gasteiger partial charge in [-0.05, 0) is 25.1 Å². The SMILES string of the molecule is Cc1c(C(=O)O)cccc1[N+](=O)[O-].O=C(O)c1ccccc1. The van der Waals surface area contributed by atoms with Crippen LogP contribution in [0.1, 0.15) is 26.3 Å². The van der Waals surface area contributed by atoms with Gasteiger partial charge in [0.1, 0.15) is 0 Å². The van der Waals surface area contributed by atoms with Gasteiger partial charge in [-0.25, -0.2) is 9.59 Å². The Morgan fingerprint density at radius 2 is 1.55 bits per heavy atom. The number of hydrogen-bond donors (Lipinski definition) is 2. The molecule has 0 aliphatic heterocycles. The van der Waals surface area contributed by atoms with Crippen molar-refractivity contribution < 1.29 is 24.7 Å². The molecule has 0 aliphatic carbocycles. The highest BCUT2D eigenvalue weighted by Gasteiger charge is 2.16. The molecule has 0 saturated carbocycles. The number of carboxylic acids is 2. The van der Waals surface area contributed by atoms with Gasteiger partial charge in [0.25, 0.3) is 5.69 Å². The highest BCUT2D eigenvalue weighted by molar-refractivity contribution is 5.90. The molecule has 2 aromatic rings. The zero-order chi connectivity index (χ0) is 16.7. The fraction of sp³-hybridized carbons (Fsp3) is 0.0667. The molecule has 0 saturated heterocycles. The first-order valence-corrected chi connectivity index (χ1v) is 6.10. The summed E-state index contributed by atoms with van der Waals surface area (Å²) in [6, 6.07) is 12.3. The molecular formula is C15H13NO6. The largest absolute Gasteiger partial charge is 0.478 e. The standard InChI is InChI=1S/C8H7NO4.C7H6O2/c1-5-6(8(10)11)3-2-4-7(5)9(12)13;8-7(9)6-4-2-1-3-5-6/h2-4H,1H3,(H,10,11);1-5H,(H,8,9). The summed E-state index contributed by atoms with van der Waals surface area (Å²) < 4.78 is 0. The summed E-state index contributed by atoms with van der Waals surface area (Å²) in [4.78, 5) is 30.6. The van der Waals surface area contributed by atoms with E-state index < -0.39 is 16.9 Å². The van der Waals surface area contributed by atoms with E-state index in [0.717, 1.165) is 0 Å². The molecule has 0 amide bonds. The first-order chi connectivity index (χ1) is 10.3. The van der Waals surface area contributed by atoms with Crippen molar-refractivity contribution in [2.45, 2.75) is 6.92 Å². The normalized spacial score (nSPS) is 9.32. The third kappa shape index (κ3) is 4.41. The van der Waals surface area contributed by atoms with Crippen LogP contribution in [0.25, 0.3) is 0 Å². The second-order valence-electron chi connectivity index (χ2n) is 4.18. The Bertz CT molecular complexity index is 664. The molecule has 0 aromatic heterocycles. The van der Waals surface area contributed by atoms with Crippen LogP contribution in [0.5, 0.6) is 0 Å². The van der Waals surface area contributed by atoms with E-state index in [1.165, 1.54) is 25.1 Å². The molecule has 0 atom stereocenters. The molecule has 0 unspecified atom stereocenters. The van der Waals surface area contributed by atoms with Gasteiger partial charge in [-0.2, -0.15) is 0 Å². The van der Waals surface area contributed by atoms with Gasteiger partial charge >= 0.3 is 11.9 Å². The molecule has 7 heteroatoms. The first kappa shape index (κ1) is 16.8. The second-order valence-corrected chi connectivity index (χ2v) is 4.18. The van der Waals surface area contributed by atoms with Gasteiger partial charge in [0.2, 0.25) is 0 Å². The molecule has 2 N–H and O–H groups in total. The van der Waals surface area contributed by atoms with Gasteiger partial charge < -0.3 is 10.2 Å². The molecule has 2 rings (SSSR count). The highest BCUT2D eigenvalue weighted by Crippen LogP contribution is 2.20. The lowest BCUT2D eigenvalue weighted by atomic mass is 10.1. The van der Waals surface area contributed by atoms with Crippen molar-refractivity contribution in [3.05, 3.63) is 75.3 Å². The Kier molecular flexibility index (Phi) is 5.76. The van der Waals surface area contributed by atoms with E-state index in [0.29, 0.717) is 5.56 Å². The number of carbonyl (C=O) groups is 2. The Morgan fingerprint density at radius 3 is 1.95 bits per heavy atom. The van der Waals surface area contributed by atoms with Crippen LogP contribution in [0.4, 0.5) is 5.69 Å². The van der Waals surface area contributed by atoms with Crippen molar-refractivity contribution in [2.75, 3.05) is 0 Å². The Labute approximate surface area is 125 Å². The van der Waals surface area contributed by atoms with Gasteiger partial charge in [-0.1, -0.05) is 24.3 Å². The molecule has 2 aromatic carbocycles. The lowest BCUT2D eigenvalue weighted by molar-refractivity contribution is -0.385. The van der Waals surface area contributed by atoms with Crippen LogP contribution in [0, 0.1) is 17.0 Å². The predicted octanol–water partition coefficient (Wildman–Crippen LogP) is 2.99. The van der Waals surface area contributed by atoms with Gasteiger partial charge in [0, 0.05) is 11.6 Å². The molecule has 0 heterocycles. The predicted molar refractivity (Wildman–Crippen MR) is 78.2 cm³/mol. The molecule has 7 nitrogen and oxygen atoms in total. The Balaban J connectivity index is 0.000000235. The van der Waals surface area contributed by atoms with E-state index in [9.17, 15) is 19.7 Å². The minimum absolute atomic E-state index is 0.0331. The van der Waals surface area contributed by atoms with Gasteiger partial charge in [-0.15, -0.1) is 0 Å². The van der Waals surface area contributed by atoms with E-state index in [1.54, 1.807) is 30.3 Å². The van der Waals surface area contributed by atoms with Crippen LogP contribution in [-0.4, -0.2) is 27.1 Å². The summed E-state index contributed by atoms with van der Waals surface area (Å²) in [5.74, 6) is -2.03. The molecule has 114 valence electrons. The maximum atomic E-state index is 10.6. The Hall–Kier alpha value is -3.22. The zero-order valence-corrected chi connectivity index (χ0v) is 11.6. The van der Waals surface area contributed by atoms with Crippen LogP contribution >= 0.6 is 0 Å². The number of carboxylic acid groups (broad SMARTS) is 2. The van der Waals surface area contributed by atoms with E-state index in [4.69, 9.17) is 10.2 Å². The zero-order valence-electron chi connectivity index (χ0n) is 11.6. The lowest BCUT2D eigenvalue weighted by Gasteiger charge is -2.00. The monoisotopic (exact) mass is 303 g/mol. The molecule has 0 bridgehead atoms. The maximum Gasteiger partial charge on any atom is 0.336 e. The fourth-order valence-corrected chi connectivity index (χ4v) is 1.63. The van der Waals surface area contributed by atoms with E-state index in [2.05, 4.69) is 0 Å². The summed E-state index contributed by atoms with van der Waals surface area (Å²) in [7, 11) is 0. The van der Waals surface area contributed by atoms with E-state index >= 15 is 0 Å². The van der Waals surface area contributed by atoms with E-state index in [-0.39, 0.29) is 16.8 Å².